The molecule has 0 radical (unpaired) electrons. The zero-order chi connectivity index (χ0) is 18.8. The molecule has 1 amide bonds. The molecule has 0 aliphatic heterocycles. The molecule has 0 heterocycles. The van der Waals surface area contributed by atoms with E-state index in [4.69, 9.17) is 9.47 Å². The molecule has 1 N–H and O–H groups in total. The molecular formula is C22H25NO3. The Morgan fingerprint density at radius 3 is 2.15 bits per heavy atom. The van der Waals surface area contributed by atoms with Crippen LogP contribution in [0.3, 0.4) is 0 Å². The molecule has 0 aliphatic rings. The van der Waals surface area contributed by atoms with E-state index in [9.17, 15) is 4.79 Å². The van der Waals surface area contributed by atoms with Crippen molar-refractivity contribution in [2.24, 2.45) is 0 Å². The van der Waals surface area contributed by atoms with Crippen LogP contribution in [-0.4, -0.2) is 32.3 Å². The molecule has 0 aromatic heterocycles. The number of rotatable bonds is 7. The van der Waals surface area contributed by atoms with Crippen molar-refractivity contribution < 1.29 is 14.3 Å². The maximum absolute atomic E-state index is 11.5. The molecule has 0 spiro atoms. The van der Waals surface area contributed by atoms with Crippen LogP contribution in [0.25, 0.3) is 0 Å². The van der Waals surface area contributed by atoms with Gasteiger partial charge in [-0.3, -0.25) is 4.79 Å². The van der Waals surface area contributed by atoms with Crippen molar-refractivity contribution in [1.82, 2.24) is 5.32 Å². The first-order valence-corrected chi connectivity index (χ1v) is 8.73. The monoisotopic (exact) mass is 351 g/mol. The summed E-state index contributed by atoms with van der Waals surface area (Å²) in [6.07, 6.45) is 0.766. The fraction of sp³-hybridized carbons (Fsp3) is 0.318. The second kappa shape index (κ2) is 10.3. The van der Waals surface area contributed by atoms with Crippen molar-refractivity contribution in [3.63, 3.8) is 0 Å². The Bertz CT molecular complexity index is 755. The van der Waals surface area contributed by atoms with E-state index in [1.165, 1.54) is 7.11 Å². The number of hydrogen-bond donors (Lipinski definition) is 1. The fourth-order valence-corrected chi connectivity index (χ4v) is 2.52. The summed E-state index contributed by atoms with van der Waals surface area (Å²) in [6.45, 7) is 4.69. The molecule has 1 unspecified atom stereocenters. The Morgan fingerprint density at radius 1 is 1.04 bits per heavy atom. The second-order valence-corrected chi connectivity index (χ2v) is 6.01. The number of carbonyl (C=O) groups is 1. The third kappa shape index (κ3) is 6.62. The number of amides is 1. The summed E-state index contributed by atoms with van der Waals surface area (Å²) in [7, 11) is 1.51. The lowest BCUT2D eigenvalue weighted by Crippen LogP contribution is -2.36. The van der Waals surface area contributed by atoms with Crippen molar-refractivity contribution in [2.45, 2.75) is 26.3 Å². The largest absolute Gasteiger partial charge is 0.494 e. The lowest BCUT2D eigenvalue weighted by Gasteiger charge is -2.13. The molecule has 0 aliphatic carbocycles. The Labute approximate surface area is 155 Å². The third-order valence-electron chi connectivity index (χ3n) is 3.70. The molecule has 0 saturated heterocycles. The van der Waals surface area contributed by atoms with Crippen molar-refractivity contribution in [3.8, 4) is 17.6 Å². The summed E-state index contributed by atoms with van der Waals surface area (Å²) in [4.78, 5) is 11.5. The van der Waals surface area contributed by atoms with Crippen LogP contribution in [0.4, 0.5) is 0 Å². The van der Waals surface area contributed by atoms with Gasteiger partial charge in [0.05, 0.1) is 6.61 Å². The molecule has 2 aromatic rings. The number of ether oxygens (including phenoxy) is 2. The third-order valence-corrected chi connectivity index (χ3v) is 3.70. The minimum Gasteiger partial charge on any atom is -0.494 e. The van der Waals surface area contributed by atoms with Gasteiger partial charge in [-0.2, -0.15) is 0 Å². The summed E-state index contributed by atoms with van der Waals surface area (Å²) < 4.78 is 10.2. The Balaban J connectivity index is 1.92. The van der Waals surface area contributed by atoms with Crippen molar-refractivity contribution in [3.05, 3.63) is 65.2 Å². The van der Waals surface area contributed by atoms with E-state index < -0.39 is 0 Å². The summed E-state index contributed by atoms with van der Waals surface area (Å²) in [5, 5.41) is 2.90. The number of carbonyl (C=O) groups excluding carboxylic acids is 1. The van der Waals surface area contributed by atoms with Gasteiger partial charge in [0.25, 0.3) is 0 Å². The smallest absolute Gasteiger partial charge is 0.246 e. The number of benzene rings is 2. The van der Waals surface area contributed by atoms with E-state index in [-0.39, 0.29) is 18.6 Å². The number of nitrogens with one attached hydrogen (secondary N) is 1. The van der Waals surface area contributed by atoms with Crippen LogP contribution >= 0.6 is 0 Å². The zero-order valence-corrected chi connectivity index (χ0v) is 15.5. The molecule has 2 rings (SSSR count). The van der Waals surface area contributed by atoms with Crippen LogP contribution in [0, 0.1) is 11.8 Å². The lowest BCUT2D eigenvalue weighted by atomic mass is 10.0. The van der Waals surface area contributed by atoms with Gasteiger partial charge in [-0.25, -0.2) is 0 Å². The van der Waals surface area contributed by atoms with E-state index in [0.717, 1.165) is 28.9 Å². The van der Waals surface area contributed by atoms with Crippen LogP contribution in [-0.2, 0) is 16.0 Å². The van der Waals surface area contributed by atoms with Crippen LogP contribution in [0.2, 0.25) is 0 Å². The Hall–Kier alpha value is -2.77. The highest BCUT2D eigenvalue weighted by Gasteiger charge is 2.07. The number of hydrogen-bond acceptors (Lipinski definition) is 3. The molecule has 4 nitrogen and oxygen atoms in total. The van der Waals surface area contributed by atoms with Gasteiger partial charge in [0.15, 0.2) is 0 Å². The summed E-state index contributed by atoms with van der Waals surface area (Å²) in [5.41, 5.74) is 3.06. The van der Waals surface area contributed by atoms with Crippen molar-refractivity contribution >= 4 is 5.91 Å². The van der Waals surface area contributed by atoms with Crippen LogP contribution < -0.4 is 10.1 Å². The van der Waals surface area contributed by atoms with E-state index in [1.807, 2.05) is 62.4 Å². The van der Waals surface area contributed by atoms with E-state index >= 15 is 0 Å². The van der Waals surface area contributed by atoms with E-state index in [0.29, 0.717) is 6.61 Å². The first-order chi connectivity index (χ1) is 12.6. The topological polar surface area (TPSA) is 47.6 Å². The highest BCUT2D eigenvalue weighted by Crippen LogP contribution is 2.12. The summed E-state index contributed by atoms with van der Waals surface area (Å²) in [5.74, 6) is 7.08. The van der Waals surface area contributed by atoms with Gasteiger partial charge in [0, 0.05) is 24.3 Å². The summed E-state index contributed by atoms with van der Waals surface area (Å²) >= 11 is 0. The average molecular weight is 351 g/mol. The quantitative estimate of drug-likeness (QED) is 0.780. The molecule has 1 atom stereocenters. The van der Waals surface area contributed by atoms with Gasteiger partial charge in [0.1, 0.15) is 12.4 Å². The normalized spacial score (nSPS) is 11.2. The number of methoxy groups -OCH3 is 1. The summed E-state index contributed by atoms with van der Waals surface area (Å²) in [6, 6.07) is 15.9. The van der Waals surface area contributed by atoms with Gasteiger partial charge in [0.2, 0.25) is 5.91 Å². The van der Waals surface area contributed by atoms with Gasteiger partial charge in [-0.1, -0.05) is 24.0 Å². The molecule has 0 saturated carbocycles. The van der Waals surface area contributed by atoms with Crippen molar-refractivity contribution in [2.75, 3.05) is 20.3 Å². The first kappa shape index (κ1) is 19.6. The lowest BCUT2D eigenvalue weighted by molar-refractivity contribution is -0.125. The van der Waals surface area contributed by atoms with Gasteiger partial charge in [-0.15, -0.1) is 0 Å². The van der Waals surface area contributed by atoms with E-state index in [2.05, 4.69) is 17.2 Å². The van der Waals surface area contributed by atoms with Gasteiger partial charge >= 0.3 is 0 Å². The Morgan fingerprint density at radius 2 is 1.62 bits per heavy atom. The second-order valence-electron chi connectivity index (χ2n) is 6.01. The minimum atomic E-state index is -0.0992. The van der Waals surface area contributed by atoms with Crippen LogP contribution in [0.15, 0.2) is 48.5 Å². The predicted octanol–water partition coefficient (Wildman–Crippen LogP) is 3.18. The fourth-order valence-electron chi connectivity index (χ4n) is 2.52. The highest BCUT2D eigenvalue weighted by atomic mass is 16.5. The zero-order valence-electron chi connectivity index (χ0n) is 15.5. The van der Waals surface area contributed by atoms with Gasteiger partial charge < -0.3 is 14.8 Å². The first-order valence-electron chi connectivity index (χ1n) is 8.73. The molecule has 4 heteroatoms. The van der Waals surface area contributed by atoms with E-state index in [1.54, 1.807) is 0 Å². The van der Waals surface area contributed by atoms with Gasteiger partial charge in [-0.05, 0) is 62.2 Å². The molecular weight excluding hydrogens is 326 g/mol. The maximum atomic E-state index is 11.5. The molecule has 2 aromatic carbocycles. The minimum absolute atomic E-state index is 0.0541. The Kier molecular flexibility index (Phi) is 7.73. The van der Waals surface area contributed by atoms with Crippen LogP contribution in [0.1, 0.15) is 30.5 Å². The average Bonchev–Trinajstić information content (AvgIpc) is 2.62. The molecule has 26 heavy (non-hydrogen) atoms. The SMILES string of the molecule is CCOc1ccc(C#Cc2ccc(CC(C)NC(=O)COC)cc2)cc1. The predicted molar refractivity (Wildman–Crippen MR) is 103 cm³/mol. The standard InChI is InChI=1S/C22H25NO3/c1-4-26-21-13-11-19(12-14-21)6-5-18-7-9-20(10-8-18)15-17(2)23-22(24)16-25-3/h7-14,17H,4,15-16H2,1-3H3,(H,23,24). The molecule has 0 bridgehead atoms. The van der Waals surface area contributed by atoms with Crippen LogP contribution in [0.5, 0.6) is 5.75 Å². The molecule has 136 valence electrons. The molecule has 0 fully saturated rings. The highest BCUT2D eigenvalue weighted by molar-refractivity contribution is 5.77. The van der Waals surface area contributed by atoms with Crippen molar-refractivity contribution in [1.29, 1.82) is 0 Å². The maximum Gasteiger partial charge on any atom is 0.246 e.